The number of nitrogens with one attached hydrogen (secondary N) is 1. The van der Waals surface area contributed by atoms with Crippen LogP contribution in [-0.2, 0) is 9.59 Å². The van der Waals surface area contributed by atoms with Crippen molar-refractivity contribution in [3.05, 3.63) is 35.9 Å². The second kappa shape index (κ2) is 6.03. The van der Waals surface area contributed by atoms with E-state index in [-0.39, 0.29) is 24.3 Å². The fraction of sp³-hybridized carbons (Fsp3) is 0.385. The van der Waals surface area contributed by atoms with E-state index in [9.17, 15) is 9.59 Å². The van der Waals surface area contributed by atoms with Crippen molar-refractivity contribution >= 4 is 11.9 Å². The number of carbonyl (C=O) groups is 2. The average molecular weight is 235 g/mol. The quantitative estimate of drug-likeness (QED) is 0.817. The van der Waals surface area contributed by atoms with Gasteiger partial charge >= 0.3 is 5.97 Å². The summed E-state index contributed by atoms with van der Waals surface area (Å²) < 4.78 is 0. The summed E-state index contributed by atoms with van der Waals surface area (Å²) in [6.45, 7) is 3.49. The van der Waals surface area contributed by atoms with Crippen LogP contribution in [0.25, 0.3) is 0 Å². The van der Waals surface area contributed by atoms with Gasteiger partial charge in [0, 0.05) is 6.04 Å². The summed E-state index contributed by atoms with van der Waals surface area (Å²) in [5, 5.41) is 11.3. The molecule has 4 heteroatoms. The molecule has 0 radical (unpaired) electrons. The Morgan fingerprint density at radius 1 is 1.24 bits per heavy atom. The Morgan fingerprint density at radius 2 is 1.82 bits per heavy atom. The number of benzene rings is 1. The van der Waals surface area contributed by atoms with Gasteiger partial charge in [-0.05, 0) is 19.4 Å². The van der Waals surface area contributed by atoms with Crippen molar-refractivity contribution in [2.24, 2.45) is 0 Å². The van der Waals surface area contributed by atoms with Crippen molar-refractivity contribution in [2.45, 2.75) is 32.2 Å². The van der Waals surface area contributed by atoms with Crippen molar-refractivity contribution in [1.82, 2.24) is 5.32 Å². The molecule has 0 spiro atoms. The first-order chi connectivity index (χ1) is 8.00. The second-order valence-corrected chi connectivity index (χ2v) is 4.14. The van der Waals surface area contributed by atoms with E-state index in [0.29, 0.717) is 0 Å². The van der Waals surface area contributed by atoms with Gasteiger partial charge in [-0.1, -0.05) is 30.3 Å². The standard InChI is InChI=1S/C13H17NO3/c1-9(8-12(15)16)14-13(17)10(2)11-6-4-3-5-7-11/h3-7,9-10H,8H2,1-2H3,(H,14,17)(H,15,16). The molecule has 1 aromatic rings. The van der Waals surface area contributed by atoms with E-state index >= 15 is 0 Å². The van der Waals surface area contributed by atoms with Crippen LogP contribution in [-0.4, -0.2) is 23.0 Å². The summed E-state index contributed by atoms with van der Waals surface area (Å²) in [6, 6.07) is 9.05. The first kappa shape index (κ1) is 13.2. The lowest BCUT2D eigenvalue weighted by atomic mass is 10.00. The normalized spacial score (nSPS) is 13.8. The van der Waals surface area contributed by atoms with Gasteiger partial charge in [0.1, 0.15) is 0 Å². The van der Waals surface area contributed by atoms with E-state index in [1.807, 2.05) is 30.3 Å². The molecule has 1 rings (SSSR count). The van der Waals surface area contributed by atoms with E-state index in [2.05, 4.69) is 5.32 Å². The zero-order chi connectivity index (χ0) is 12.8. The van der Waals surface area contributed by atoms with Gasteiger partial charge < -0.3 is 10.4 Å². The SMILES string of the molecule is CC(CC(=O)O)NC(=O)C(C)c1ccccc1. The van der Waals surface area contributed by atoms with Crippen LogP contribution in [0, 0.1) is 0 Å². The van der Waals surface area contributed by atoms with Crippen LogP contribution in [0.2, 0.25) is 0 Å². The molecule has 0 heterocycles. The second-order valence-electron chi connectivity index (χ2n) is 4.14. The predicted molar refractivity (Wildman–Crippen MR) is 64.7 cm³/mol. The molecule has 0 aliphatic heterocycles. The Labute approximate surface area is 101 Å². The molecule has 2 N–H and O–H groups in total. The van der Waals surface area contributed by atoms with Gasteiger partial charge in [-0.25, -0.2) is 0 Å². The molecule has 0 saturated carbocycles. The molecule has 2 unspecified atom stereocenters. The third-order valence-electron chi connectivity index (χ3n) is 2.56. The lowest BCUT2D eigenvalue weighted by Crippen LogP contribution is -2.36. The van der Waals surface area contributed by atoms with E-state index < -0.39 is 5.97 Å². The highest BCUT2D eigenvalue weighted by molar-refractivity contribution is 5.83. The average Bonchev–Trinajstić information content (AvgIpc) is 2.28. The first-order valence-electron chi connectivity index (χ1n) is 5.58. The smallest absolute Gasteiger partial charge is 0.305 e. The highest BCUT2D eigenvalue weighted by atomic mass is 16.4. The summed E-state index contributed by atoms with van der Waals surface area (Å²) in [7, 11) is 0. The number of hydrogen-bond acceptors (Lipinski definition) is 2. The van der Waals surface area contributed by atoms with Crippen molar-refractivity contribution < 1.29 is 14.7 Å². The zero-order valence-corrected chi connectivity index (χ0v) is 10.0. The molecule has 0 bridgehead atoms. The zero-order valence-electron chi connectivity index (χ0n) is 10.0. The molecule has 4 nitrogen and oxygen atoms in total. The largest absolute Gasteiger partial charge is 0.481 e. The van der Waals surface area contributed by atoms with Crippen molar-refractivity contribution in [3.63, 3.8) is 0 Å². The van der Waals surface area contributed by atoms with Crippen molar-refractivity contribution in [3.8, 4) is 0 Å². The molecular formula is C13H17NO3. The van der Waals surface area contributed by atoms with Crippen LogP contribution in [0.3, 0.4) is 0 Å². The fourth-order valence-corrected chi connectivity index (χ4v) is 1.57. The maximum Gasteiger partial charge on any atom is 0.305 e. The van der Waals surface area contributed by atoms with Gasteiger partial charge in [-0.2, -0.15) is 0 Å². The van der Waals surface area contributed by atoms with Crippen LogP contribution in [0.4, 0.5) is 0 Å². The number of hydrogen-bond donors (Lipinski definition) is 2. The van der Waals surface area contributed by atoms with Crippen LogP contribution >= 0.6 is 0 Å². The van der Waals surface area contributed by atoms with E-state index in [1.165, 1.54) is 0 Å². The maximum atomic E-state index is 11.8. The van der Waals surface area contributed by atoms with E-state index in [1.54, 1.807) is 13.8 Å². The summed E-state index contributed by atoms with van der Waals surface area (Å²) in [4.78, 5) is 22.3. The van der Waals surface area contributed by atoms with Crippen molar-refractivity contribution in [1.29, 1.82) is 0 Å². The third-order valence-corrected chi connectivity index (χ3v) is 2.56. The molecule has 0 aliphatic carbocycles. The Hall–Kier alpha value is -1.84. The third kappa shape index (κ3) is 4.26. The van der Waals surface area contributed by atoms with Crippen molar-refractivity contribution in [2.75, 3.05) is 0 Å². The Morgan fingerprint density at radius 3 is 2.35 bits per heavy atom. The summed E-state index contributed by atoms with van der Waals surface area (Å²) in [6.07, 6.45) is -0.0623. The lowest BCUT2D eigenvalue weighted by molar-refractivity contribution is -0.137. The molecule has 0 saturated heterocycles. The van der Waals surface area contributed by atoms with Crippen LogP contribution in [0.15, 0.2) is 30.3 Å². The molecule has 92 valence electrons. The minimum atomic E-state index is -0.912. The molecule has 0 aliphatic rings. The topological polar surface area (TPSA) is 66.4 Å². The van der Waals surface area contributed by atoms with Gasteiger partial charge in [0.25, 0.3) is 0 Å². The molecule has 17 heavy (non-hydrogen) atoms. The minimum absolute atomic E-state index is 0.0623. The maximum absolute atomic E-state index is 11.8. The fourth-order valence-electron chi connectivity index (χ4n) is 1.57. The van der Waals surface area contributed by atoms with Crippen LogP contribution in [0.1, 0.15) is 31.7 Å². The van der Waals surface area contributed by atoms with Crippen LogP contribution in [0.5, 0.6) is 0 Å². The highest BCUT2D eigenvalue weighted by Gasteiger charge is 2.17. The predicted octanol–water partition coefficient (Wildman–Crippen LogP) is 1.77. The molecular weight excluding hydrogens is 218 g/mol. The lowest BCUT2D eigenvalue weighted by Gasteiger charge is -2.16. The number of carboxylic acids is 1. The summed E-state index contributed by atoms with van der Waals surface area (Å²) in [5.74, 6) is -1.33. The Balaban J connectivity index is 2.56. The van der Waals surface area contributed by atoms with Gasteiger partial charge in [0.2, 0.25) is 5.91 Å². The monoisotopic (exact) mass is 235 g/mol. The molecule has 1 aromatic carbocycles. The van der Waals surface area contributed by atoms with Crippen LogP contribution < -0.4 is 5.32 Å². The Bertz CT molecular complexity index is 389. The number of carboxylic acid groups (broad SMARTS) is 1. The number of rotatable bonds is 5. The summed E-state index contributed by atoms with van der Waals surface area (Å²) in [5.41, 5.74) is 0.924. The first-order valence-corrected chi connectivity index (χ1v) is 5.58. The van der Waals surface area contributed by atoms with Gasteiger partial charge in [-0.15, -0.1) is 0 Å². The highest BCUT2D eigenvalue weighted by Crippen LogP contribution is 2.14. The number of carbonyl (C=O) groups excluding carboxylic acids is 1. The summed E-state index contributed by atoms with van der Waals surface area (Å²) >= 11 is 0. The molecule has 0 fully saturated rings. The molecule has 1 amide bonds. The molecule has 2 atom stereocenters. The number of aliphatic carboxylic acids is 1. The number of amides is 1. The minimum Gasteiger partial charge on any atom is -0.481 e. The van der Waals surface area contributed by atoms with Gasteiger partial charge in [0.15, 0.2) is 0 Å². The van der Waals surface area contributed by atoms with E-state index in [4.69, 9.17) is 5.11 Å². The van der Waals surface area contributed by atoms with Gasteiger partial charge in [0.05, 0.1) is 12.3 Å². The van der Waals surface area contributed by atoms with E-state index in [0.717, 1.165) is 5.56 Å². The van der Waals surface area contributed by atoms with Gasteiger partial charge in [-0.3, -0.25) is 9.59 Å². The Kier molecular flexibility index (Phi) is 4.69. The molecule has 0 aromatic heterocycles.